The van der Waals surface area contributed by atoms with E-state index in [4.69, 9.17) is 12.2 Å². The maximum Gasteiger partial charge on any atom is 0.261 e. The van der Waals surface area contributed by atoms with Gasteiger partial charge in [-0.05, 0) is 37.2 Å². The van der Waals surface area contributed by atoms with Gasteiger partial charge in [0.1, 0.15) is 5.82 Å². The lowest BCUT2D eigenvalue weighted by atomic mass is 10.1. The van der Waals surface area contributed by atoms with Crippen LogP contribution in [0.25, 0.3) is 0 Å². The summed E-state index contributed by atoms with van der Waals surface area (Å²) in [6.45, 7) is 0.428. The lowest BCUT2D eigenvalue weighted by Gasteiger charge is -2.13. The molecule has 0 fully saturated rings. The SMILES string of the molecule is O=C1c2ccccc2C(=O)N1CCCCc1nc(=S)[nH][nH]1. The smallest absolute Gasteiger partial charge is 0.261 e. The van der Waals surface area contributed by atoms with Crippen LogP contribution in [0.1, 0.15) is 39.4 Å². The Hall–Kier alpha value is -2.28. The normalized spacial score (nSPS) is 13.8. The Balaban J connectivity index is 1.56. The molecule has 1 aliphatic rings. The summed E-state index contributed by atoms with van der Waals surface area (Å²) in [5.41, 5.74) is 0.998. The highest BCUT2D eigenvalue weighted by Crippen LogP contribution is 2.22. The molecule has 6 nitrogen and oxygen atoms in total. The molecule has 0 radical (unpaired) electrons. The summed E-state index contributed by atoms with van der Waals surface area (Å²) in [6.07, 6.45) is 2.29. The molecule has 2 heterocycles. The lowest BCUT2D eigenvalue weighted by Crippen LogP contribution is -2.30. The number of imide groups is 1. The van der Waals surface area contributed by atoms with E-state index in [-0.39, 0.29) is 11.8 Å². The molecule has 7 heteroatoms. The number of hydrogen-bond acceptors (Lipinski definition) is 4. The van der Waals surface area contributed by atoms with Crippen LogP contribution >= 0.6 is 12.2 Å². The largest absolute Gasteiger partial charge is 0.286 e. The number of unbranched alkanes of at least 4 members (excludes halogenated alkanes) is 1. The number of nitrogens with one attached hydrogen (secondary N) is 2. The zero-order chi connectivity index (χ0) is 14.8. The Labute approximate surface area is 126 Å². The number of aromatic amines is 2. The molecular formula is C14H14N4O2S. The van der Waals surface area contributed by atoms with Crippen LogP contribution in [0.15, 0.2) is 24.3 Å². The van der Waals surface area contributed by atoms with Crippen molar-refractivity contribution >= 4 is 24.0 Å². The second-order valence-corrected chi connectivity index (χ2v) is 5.26. The Morgan fingerprint density at radius 1 is 1.05 bits per heavy atom. The third kappa shape index (κ3) is 2.64. The third-order valence-corrected chi connectivity index (χ3v) is 3.67. The number of H-pyrrole nitrogens is 2. The van der Waals surface area contributed by atoms with Gasteiger partial charge in [-0.2, -0.15) is 0 Å². The molecule has 1 aliphatic heterocycles. The quantitative estimate of drug-likeness (QED) is 0.503. The summed E-state index contributed by atoms with van der Waals surface area (Å²) in [4.78, 5) is 29.7. The van der Waals surface area contributed by atoms with Crippen molar-refractivity contribution in [3.05, 3.63) is 46.0 Å². The van der Waals surface area contributed by atoms with Gasteiger partial charge >= 0.3 is 0 Å². The van der Waals surface area contributed by atoms with Gasteiger partial charge in [0.05, 0.1) is 11.1 Å². The summed E-state index contributed by atoms with van der Waals surface area (Å²) in [7, 11) is 0. The first-order valence-corrected chi connectivity index (χ1v) is 7.16. The van der Waals surface area contributed by atoms with Gasteiger partial charge in [-0.1, -0.05) is 12.1 Å². The fraction of sp³-hybridized carbons (Fsp3) is 0.286. The van der Waals surface area contributed by atoms with E-state index in [2.05, 4.69) is 15.2 Å². The number of nitrogens with zero attached hydrogens (tertiary/aromatic N) is 2. The van der Waals surface area contributed by atoms with E-state index in [0.29, 0.717) is 22.4 Å². The van der Waals surface area contributed by atoms with Crippen LogP contribution in [0.2, 0.25) is 0 Å². The maximum absolute atomic E-state index is 12.1. The fourth-order valence-electron chi connectivity index (χ4n) is 2.43. The van der Waals surface area contributed by atoms with Crippen molar-refractivity contribution in [1.29, 1.82) is 0 Å². The highest BCUT2D eigenvalue weighted by Gasteiger charge is 2.34. The predicted molar refractivity (Wildman–Crippen MR) is 78.5 cm³/mol. The number of benzene rings is 1. The van der Waals surface area contributed by atoms with Crippen molar-refractivity contribution in [2.24, 2.45) is 0 Å². The molecular weight excluding hydrogens is 288 g/mol. The Morgan fingerprint density at radius 2 is 1.71 bits per heavy atom. The van der Waals surface area contributed by atoms with Crippen molar-refractivity contribution in [3.63, 3.8) is 0 Å². The monoisotopic (exact) mass is 302 g/mol. The number of aryl methyl sites for hydroxylation is 1. The fourth-order valence-corrected chi connectivity index (χ4v) is 2.59. The van der Waals surface area contributed by atoms with Gasteiger partial charge in [-0.3, -0.25) is 24.7 Å². The molecule has 0 saturated heterocycles. The van der Waals surface area contributed by atoms with E-state index in [1.54, 1.807) is 24.3 Å². The zero-order valence-corrected chi connectivity index (χ0v) is 12.1. The molecule has 21 heavy (non-hydrogen) atoms. The van der Waals surface area contributed by atoms with Crippen LogP contribution in [0, 0.1) is 4.77 Å². The molecule has 3 rings (SSSR count). The number of fused-ring (bicyclic) bond motifs is 1. The molecule has 1 aromatic heterocycles. The van der Waals surface area contributed by atoms with Crippen LogP contribution in [0.3, 0.4) is 0 Å². The Kier molecular flexibility index (Phi) is 3.66. The number of rotatable bonds is 5. The van der Waals surface area contributed by atoms with Crippen LogP contribution in [-0.2, 0) is 6.42 Å². The Morgan fingerprint density at radius 3 is 2.29 bits per heavy atom. The maximum atomic E-state index is 12.1. The van der Waals surface area contributed by atoms with Crippen molar-refractivity contribution in [3.8, 4) is 0 Å². The molecule has 0 unspecified atom stereocenters. The highest BCUT2D eigenvalue weighted by atomic mass is 32.1. The van der Waals surface area contributed by atoms with Gasteiger partial charge in [-0.25, -0.2) is 4.98 Å². The van der Waals surface area contributed by atoms with E-state index in [1.165, 1.54) is 4.90 Å². The topological polar surface area (TPSA) is 81.8 Å². The molecule has 108 valence electrons. The summed E-state index contributed by atoms with van der Waals surface area (Å²) >= 11 is 4.87. The number of hydrogen-bond donors (Lipinski definition) is 2. The molecule has 2 aromatic rings. The third-order valence-electron chi connectivity index (χ3n) is 3.47. The van der Waals surface area contributed by atoms with Gasteiger partial charge < -0.3 is 0 Å². The predicted octanol–water partition coefficient (Wildman–Crippen LogP) is 2.09. The first kappa shape index (κ1) is 13.7. The molecule has 0 aliphatic carbocycles. The average Bonchev–Trinajstić information content (AvgIpc) is 3.00. The standard InChI is InChI=1S/C14H14N4O2S/c19-12-9-5-1-2-6-10(9)13(20)18(12)8-4-3-7-11-15-14(21)17-16-11/h1-2,5-6H,3-4,7-8H2,(H2,15,16,17,21). The molecule has 2 N–H and O–H groups in total. The zero-order valence-electron chi connectivity index (χ0n) is 11.3. The summed E-state index contributed by atoms with van der Waals surface area (Å²) in [5, 5.41) is 5.61. The minimum Gasteiger partial charge on any atom is -0.286 e. The van der Waals surface area contributed by atoms with E-state index in [9.17, 15) is 9.59 Å². The molecule has 0 spiro atoms. The van der Waals surface area contributed by atoms with Crippen LogP contribution in [0.4, 0.5) is 0 Å². The van der Waals surface area contributed by atoms with Crippen molar-refractivity contribution in [1.82, 2.24) is 20.1 Å². The van der Waals surface area contributed by atoms with Gasteiger partial charge in [0.25, 0.3) is 11.8 Å². The van der Waals surface area contributed by atoms with Gasteiger partial charge in [0.2, 0.25) is 4.77 Å². The molecule has 2 amide bonds. The molecule has 0 atom stereocenters. The van der Waals surface area contributed by atoms with Crippen LogP contribution in [0.5, 0.6) is 0 Å². The summed E-state index contributed by atoms with van der Waals surface area (Å²) in [6, 6.07) is 6.93. The number of amides is 2. The minimum absolute atomic E-state index is 0.199. The Bertz CT molecular complexity index is 714. The number of carbonyl (C=O) groups excluding carboxylic acids is 2. The van der Waals surface area contributed by atoms with E-state index < -0.39 is 0 Å². The van der Waals surface area contributed by atoms with Crippen molar-refractivity contribution in [2.75, 3.05) is 6.54 Å². The molecule has 0 bridgehead atoms. The van der Waals surface area contributed by atoms with E-state index >= 15 is 0 Å². The number of carbonyl (C=O) groups is 2. The average molecular weight is 302 g/mol. The van der Waals surface area contributed by atoms with Crippen molar-refractivity contribution < 1.29 is 9.59 Å². The van der Waals surface area contributed by atoms with E-state index in [0.717, 1.165) is 25.1 Å². The molecule has 0 saturated carbocycles. The van der Waals surface area contributed by atoms with Gasteiger partial charge in [0.15, 0.2) is 0 Å². The molecule has 1 aromatic carbocycles. The van der Waals surface area contributed by atoms with Gasteiger partial charge in [0, 0.05) is 13.0 Å². The van der Waals surface area contributed by atoms with Crippen LogP contribution < -0.4 is 0 Å². The highest BCUT2D eigenvalue weighted by molar-refractivity contribution is 7.71. The second-order valence-electron chi connectivity index (χ2n) is 4.88. The van der Waals surface area contributed by atoms with Crippen LogP contribution in [-0.4, -0.2) is 38.4 Å². The first-order valence-electron chi connectivity index (χ1n) is 6.75. The summed E-state index contributed by atoms with van der Waals surface area (Å²) < 4.78 is 0.436. The minimum atomic E-state index is -0.199. The first-order chi connectivity index (χ1) is 10.2. The number of aromatic nitrogens is 3. The van der Waals surface area contributed by atoms with Gasteiger partial charge in [-0.15, -0.1) is 0 Å². The summed E-state index contributed by atoms with van der Waals surface area (Å²) in [5.74, 6) is 0.395. The lowest BCUT2D eigenvalue weighted by molar-refractivity contribution is 0.0652. The van der Waals surface area contributed by atoms with Crippen molar-refractivity contribution in [2.45, 2.75) is 19.3 Å². The second kappa shape index (κ2) is 5.61. The van der Waals surface area contributed by atoms with E-state index in [1.807, 2.05) is 0 Å².